The first-order valence-electron chi connectivity index (χ1n) is 11.0. The molecule has 0 aromatic heterocycles. The Balaban J connectivity index is 1.53. The second-order valence-corrected chi connectivity index (χ2v) is 8.12. The number of ketones is 1. The lowest BCUT2D eigenvalue weighted by molar-refractivity contribution is -0.114. The van der Waals surface area contributed by atoms with Crippen LogP contribution in [0.3, 0.4) is 0 Å². The zero-order valence-corrected chi connectivity index (χ0v) is 17.8. The number of benzene rings is 4. The summed E-state index contributed by atoms with van der Waals surface area (Å²) in [5, 5.41) is 0. The second kappa shape index (κ2) is 9.17. The lowest BCUT2D eigenvalue weighted by Gasteiger charge is -2.21. The summed E-state index contributed by atoms with van der Waals surface area (Å²) in [4.78, 5) is 15.8. The highest BCUT2D eigenvalue weighted by molar-refractivity contribution is 6.00. The van der Waals surface area contributed by atoms with E-state index in [2.05, 4.69) is 65.6 Å². The monoisotopic (exact) mass is 415 g/mol. The number of carbonyl (C=O) groups is 1. The Hall–Kier alpha value is -3.75. The van der Waals surface area contributed by atoms with Gasteiger partial charge in [0.05, 0.1) is 18.1 Å². The van der Waals surface area contributed by atoms with Crippen molar-refractivity contribution in [3.8, 4) is 0 Å². The van der Waals surface area contributed by atoms with Crippen molar-refractivity contribution in [2.45, 2.75) is 18.1 Å². The van der Waals surface area contributed by atoms with Crippen LogP contribution in [-0.2, 0) is 4.79 Å². The molecule has 4 aromatic carbocycles. The minimum absolute atomic E-state index is 0.0154. The molecule has 0 spiro atoms. The minimum atomic E-state index is -0.192. The van der Waals surface area contributed by atoms with Gasteiger partial charge in [-0.05, 0) is 28.3 Å². The van der Waals surface area contributed by atoms with Gasteiger partial charge in [0.25, 0.3) is 0 Å². The molecule has 2 nitrogen and oxygen atoms in total. The molecule has 4 aromatic rings. The maximum absolute atomic E-state index is 13.4. The summed E-state index contributed by atoms with van der Waals surface area (Å²) in [7, 11) is 0. The van der Waals surface area contributed by atoms with Crippen molar-refractivity contribution in [2.24, 2.45) is 0 Å². The third-order valence-electron chi connectivity index (χ3n) is 6.05. The van der Waals surface area contributed by atoms with E-state index in [0.29, 0.717) is 0 Å². The Morgan fingerprint density at radius 1 is 0.656 bits per heavy atom. The average Bonchev–Trinajstić information content (AvgIpc) is 3.60. The van der Waals surface area contributed by atoms with Gasteiger partial charge in [-0.3, -0.25) is 9.69 Å². The van der Waals surface area contributed by atoms with Crippen LogP contribution in [0.1, 0.15) is 34.3 Å². The average molecular weight is 416 g/mol. The van der Waals surface area contributed by atoms with Gasteiger partial charge in [-0.2, -0.15) is 0 Å². The van der Waals surface area contributed by atoms with Gasteiger partial charge in [-0.25, -0.2) is 0 Å². The van der Waals surface area contributed by atoms with E-state index in [-0.39, 0.29) is 23.9 Å². The molecule has 156 valence electrons. The van der Waals surface area contributed by atoms with E-state index in [1.54, 1.807) is 6.08 Å². The fraction of sp³-hybridized carbons (Fsp3) is 0.100. The molecule has 0 N–H and O–H groups in total. The van der Waals surface area contributed by atoms with Gasteiger partial charge in [0.15, 0.2) is 5.78 Å². The number of nitrogens with zero attached hydrogens (tertiary/aromatic N) is 1. The zero-order valence-electron chi connectivity index (χ0n) is 17.8. The van der Waals surface area contributed by atoms with Crippen molar-refractivity contribution in [1.82, 2.24) is 4.90 Å². The first-order valence-corrected chi connectivity index (χ1v) is 11.0. The van der Waals surface area contributed by atoms with Gasteiger partial charge in [-0.15, -0.1) is 0 Å². The maximum atomic E-state index is 13.4. The summed E-state index contributed by atoms with van der Waals surface area (Å²) in [6, 6.07) is 41.2. The number of carbonyl (C=O) groups excluding carboxylic acids is 1. The topological polar surface area (TPSA) is 20.1 Å². The second-order valence-electron chi connectivity index (χ2n) is 8.12. The lowest BCUT2D eigenvalue weighted by atomic mass is 9.98. The Labute approximate surface area is 189 Å². The van der Waals surface area contributed by atoms with Crippen LogP contribution in [-0.4, -0.2) is 16.7 Å². The highest BCUT2D eigenvalue weighted by atomic mass is 16.1. The SMILES string of the molecule is O=C(/C=C/c1ccccc1)C1C(c2ccccc2)N1C(c1ccccc1)c1ccccc1. The third kappa shape index (κ3) is 4.18. The fourth-order valence-corrected chi connectivity index (χ4v) is 4.52. The summed E-state index contributed by atoms with van der Waals surface area (Å²) in [6.45, 7) is 0. The van der Waals surface area contributed by atoms with Crippen molar-refractivity contribution >= 4 is 11.9 Å². The van der Waals surface area contributed by atoms with E-state index >= 15 is 0 Å². The van der Waals surface area contributed by atoms with Crippen molar-refractivity contribution < 1.29 is 4.79 Å². The van der Waals surface area contributed by atoms with Crippen molar-refractivity contribution in [1.29, 1.82) is 0 Å². The smallest absolute Gasteiger partial charge is 0.174 e. The number of hydrogen-bond donors (Lipinski definition) is 0. The van der Waals surface area contributed by atoms with Gasteiger partial charge in [-0.1, -0.05) is 127 Å². The highest BCUT2D eigenvalue weighted by Gasteiger charge is 2.55. The molecule has 0 bridgehead atoms. The van der Waals surface area contributed by atoms with Crippen molar-refractivity contribution in [2.75, 3.05) is 0 Å². The molecule has 0 radical (unpaired) electrons. The van der Waals surface area contributed by atoms with Crippen LogP contribution in [0.4, 0.5) is 0 Å². The van der Waals surface area contributed by atoms with Gasteiger partial charge in [0.2, 0.25) is 0 Å². The van der Waals surface area contributed by atoms with E-state index < -0.39 is 0 Å². The van der Waals surface area contributed by atoms with Crippen molar-refractivity contribution in [3.63, 3.8) is 0 Å². The summed E-state index contributed by atoms with van der Waals surface area (Å²) in [5.41, 5.74) is 4.60. The molecule has 1 fully saturated rings. The van der Waals surface area contributed by atoms with Crippen LogP contribution in [0.15, 0.2) is 127 Å². The Bertz CT molecular complexity index is 1150. The molecule has 0 aliphatic carbocycles. The van der Waals surface area contributed by atoms with Gasteiger partial charge < -0.3 is 0 Å². The van der Waals surface area contributed by atoms with E-state index in [1.807, 2.05) is 66.7 Å². The Morgan fingerprint density at radius 3 is 1.66 bits per heavy atom. The molecule has 32 heavy (non-hydrogen) atoms. The van der Waals surface area contributed by atoms with Crippen LogP contribution in [0.2, 0.25) is 0 Å². The van der Waals surface area contributed by atoms with Crippen LogP contribution in [0.5, 0.6) is 0 Å². The highest BCUT2D eigenvalue weighted by Crippen LogP contribution is 2.52. The quantitative estimate of drug-likeness (QED) is 0.254. The molecule has 5 rings (SSSR count). The molecular weight excluding hydrogens is 390 g/mol. The first kappa shape index (κ1) is 20.2. The number of hydrogen-bond acceptors (Lipinski definition) is 2. The molecular formula is C30H25NO. The zero-order chi connectivity index (χ0) is 21.8. The summed E-state index contributed by atoms with van der Waals surface area (Å²) >= 11 is 0. The van der Waals surface area contributed by atoms with Crippen LogP contribution in [0.25, 0.3) is 6.08 Å². The standard InChI is InChI=1S/C30H25NO/c32-27(22-21-23-13-5-1-6-14-23)30-29(26-19-11-4-12-20-26)31(30)28(24-15-7-2-8-16-24)25-17-9-3-10-18-25/h1-22,28-30H/b22-21+. The lowest BCUT2D eigenvalue weighted by Crippen LogP contribution is -2.17. The molecule has 1 aliphatic rings. The first-order chi connectivity index (χ1) is 15.8. The van der Waals surface area contributed by atoms with E-state index in [1.165, 1.54) is 16.7 Å². The molecule has 1 saturated heterocycles. The molecule has 3 atom stereocenters. The van der Waals surface area contributed by atoms with Gasteiger partial charge in [0.1, 0.15) is 0 Å². The Morgan fingerprint density at radius 2 is 1.12 bits per heavy atom. The summed E-state index contributed by atoms with van der Waals surface area (Å²) < 4.78 is 0. The van der Waals surface area contributed by atoms with Crippen LogP contribution < -0.4 is 0 Å². The molecule has 1 heterocycles. The molecule has 1 aliphatic heterocycles. The van der Waals surface area contributed by atoms with Gasteiger partial charge >= 0.3 is 0 Å². The molecule has 3 unspecified atom stereocenters. The molecule has 0 saturated carbocycles. The maximum Gasteiger partial charge on any atom is 0.174 e. The predicted octanol–water partition coefficient (Wildman–Crippen LogP) is 6.48. The predicted molar refractivity (Wildman–Crippen MR) is 130 cm³/mol. The van der Waals surface area contributed by atoms with E-state index in [0.717, 1.165) is 5.56 Å². The largest absolute Gasteiger partial charge is 0.293 e. The normalized spacial score (nSPS) is 19.8. The van der Waals surface area contributed by atoms with E-state index in [4.69, 9.17) is 0 Å². The van der Waals surface area contributed by atoms with Crippen LogP contribution in [0, 0.1) is 0 Å². The van der Waals surface area contributed by atoms with Gasteiger partial charge in [0, 0.05) is 0 Å². The minimum Gasteiger partial charge on any atom is -0.293 e. The Kier molecular flexibility index (Phi) is 5.78. The summed E-state index contributed by atoms with van der Waals surface area (Å²) in [6.07, 6.45) is 3.66. The molecule has 2 heteroatoms. The van der Waals surface area contributed by atoms with E-state index in [9.17, 15) is 4.79 Å². The van der Waals surface area contributed by atoms with Crippen LogP contribution >= 0.6 is 0 Å². The third-order valence-corrected chi connectivity index (χ3v) is 6.05. The fourth-order valence-electron chi connectivity index (χ4n) is 4.52. The molecule has 0 amide bonds. The van der Waals surface area contributed by atoms with Crippen molar-refractivity contribution in [3.05, 3.63) is 150 Å². The number of rotatable bonds is 7. The summed E-state index contributed by atoms with van der Waals surface area (Å²) in [5.74, 6) is 0.138.